The number of halogens is 1. The Bertz CT molecular complexity index is 369. The van der Waals surface area contributed by atoms with Crippen molar-refractivity contribution in [3.63, 3.8) is 0 Å². The lowest BCUT2D eigenvalue weighted by molar-refractivity contribution is 0.959. The van der Waals surface area contributed by atoms with Gasteiger partial charge in [-0.05, 0) is 24.1 Å². The average molecular weight is 233 g/mol. The van der Waals surface area contributed by atoms with E-state index in [2.05, 4.69) is 25.2 Å². The van der Waals surface area contributed by atoms with Crippen molar-refractivity contribution in [2.75, 3.05) is 0 Å². The van der Waals surface area contributed by atoms with Gasteiger partial charge < -0.3 is 0 Å². The predicted molar refractivity (Wildman–Crippen MR) is 73.7 cm³/mol. The first-order valence-corrected chi connectivity index (χ1v) is 5.96. The van der Waals surface area contributed by atoms with Gasteiger partial charge in [0.1, 0.15) is 0 Å². The number of unbranched alkanes of at least 4 members (excludes halogenated alkanes) is 1. The van der Waals surface area contributed by atoms with Gasteiger partial charge in [0.25, 0.3) is 0 Å². The molecule has 1 rings (SSSR count). The van der Waals surface area contributed by atoms with E-state index in [1.807, 2.05) is 42.5 Å². The lowest BCUT2D eigenvalue weighted by Gasteiger charge is -1.91. The summed E-state index contributed by atoms with van der Waals surface area (Å²) in [7, 11) is 0. The molecular weight excluding hydrogens is 216 g/mol. The first kappa shape index (κ1) is 12.8. The van der Waals surface area contributed by atoms with Crippen molar-refractivity contribution < 1.29 is 0 Å². The lowest BCUT2D eigenvalue weighted by Crippen LogP contribution is -1.69. The Morgan fingerprint density at radius 1 is 1.00 bits per heavy atom. The molecule has 0 N–H and O–H groups in total. The molecule has 0 bridgehead atoms. The van der Waals surface area contributed by atoms with Gasteiger partial charge in [0.2, 0.25) is 0 Å². The van der Waals surface area contributed by atoms with Crippen molar-refractivity contribution >= 4 is 17.7 Å². The lowest BCUT2D eigenvalue weighted by atomic mass is 10.2. The van der Waals surface area contributed by atoms with Crippen molar-refractivity contribution in [3.05, 3.63) is 65.2 Å². The molecule has 0 saturated heterocycles. The van der Waals surface area contributed by atoms with E-state index < -0.39 is 0 Å². The molecule has 0 spiro atoms. The first-order valence-electron chi connectivity index (χ1n) is 5.58. The van der Waals surface area contributed by atoms with Gasteiger partial charge in [-0.3, -0.25) is 0 Å². The number of hydrogen-bond acceptors (Lipinski definition) is 0. The average Bonchev–Trinajstić information content (AvgIpc) is 2.30. The molecule has 0 atom stereocenters. The zero-order valence-corrected chi connectivity index (χ0v) is 10.3. The quantitative estimate of drug-likeness (QED) is 0.607. The molecule has 0 aliphatic carbocycles. The van der Waals surface area contributed by atoms with E-state index in [-0.39, 0.29) is 0 Å². The second-order valence-corrected chi connectivity index (χ2v) is 3.95. The second kappa shape index (κ2) is 7.95. The van der Waals surface area contributed by atoms with Gasteiger partial charge in [-0.25, -0.2) is 0 Å². The normalized spacial score (nSPS) is 12.1. The van der Waals surface area contributed by atoms with E-state index in [9.17, 15) is 0 Å². The van der Waals surface area contributed by atoms with Crippen molar-refractivity contribution in [2.45, 2.75) is 19.8 Å². The Morgan fingerprint density at radius 3 is 2.38 bits per heavy atom. The largest absolute Gasteiger partial charge is 0.0845 e. The van der Waals surface area contributed by atoms with Crippen LogP contribution in [0.4, 0.5) is 0 Å². The van der Waals surface area contributed by atoms with Gasteiger partial charge in [0.05, 0.1) is 0 Å². The fourth-order valence-electron chi connectivity index (χ4n) is 1.21. The molecule has 0 aliphatic rings. The predicted octanol–water partition coefficient (Wildman–Crippen LogP) is 5.27. The third-order valence-corrected chi connectivity index (χ3v) is 2.34. The van der Waals surface area contributed by atoms with E-state index in [0.717, 1.165) is 17.0 Å². The molecule has 0 aromatic heterocycles. The van der Waals surface area contributed by atoms with E-state index in [1.54, 1.807) is 0 Å². The summed E-state index contributed by atoms with van der Waals surface area (Å²) in [6, 6.07) is 7.79. The Balaban J connectivity index is 2.39. The van der Waals surface area contributed by atoms with Gasteiger partial charge in [0.15, 0.2) is 0 Å². The van der Waals surface area contributed by atoms with Gasteiger partial charge in [-0.1, -0.05) is 73.5 Å². The van der Waals surface area contributed by atoms with Crippen LogP contribution in [-0.4, -0.2) is 0 Å². The molecule has 0 amide bonds. The maximum Gasteiger partial charge on any atom is 0.0406 e. The van der Waals surface area contributed by atoms with Crippen molar-refractivity contribution in [2.24, 2.45) is 0 Å². The van der Waals surface area contributed by atoms with Crippen LogP contribution in [0, 0.1) is 0 Å². The highest BCUT2D eigenvalue weighted by Crippen LogP contribution is 2.10. The van der Waals surface area contributed by atoms with Crippen LogP contribution in [0.5, 0.6) is 0 Å². The van der Waals surface area contributed by atoms with Crippen molar-refractivity contribution in [1.29, 1.82) is 0 Å². The SMILES string of the molecule is CCCC=CC=CC=Cc1ccc(Cl)cc1. The molecule has 0 fully saturated rings. The molecule has 1 aromatic carbocycles. The molecule has 1 aromatic rings. The minimum absolute atomic E-state index is 0.773. The van der Waals surface area contributed by atoms with Crippen LogP contribution in [0.25, 0.3) is 6.08 Å². The number of benzene rings is 1. The highest BCUT2D eigenvalue weighted by atomic mass is 35.5. The molecule has 0 radical (unpaired) electrons. The minimum Gasteiger partial charge on any atom is -0.0845 e. The third kappa shape index (κ3) is 5.57. The molecule has 0 aliphatic heterocycles. The zero-order chi connectivity index (χ0) is 11.6. The van der Waals surface area contributed by atoms with Gasteiger partial charge in [-0.2, -0.15) is 0 Å². The van der Waals surface area contributed by atoms with Gasteiger partial charge in [-0.15, -0.1) is 0 Å². The first-order chi connectivity index (χ1) is 7.83. The van der Waals surface area contributed by atoms with Crippen LogP contribution >= 0.6 is 11.6 Å². The van der Waals surface area contributed by atoms with Crippen LogP contribution < -0.4 is 0 Å². The summed E-state index contributed by atoms with van der Waals surface area (Å²) in [5.74, 6) is 0. The highest BCUT2D eigenvalue weighted by molar-refractivity contribution is 6.30. The fraction of sp³-hybridized carbons (Fsp3) is 0.200. The van der Waals surface area contributed by atoms with Gasteiger partial charge in [0, 0.05) is 5.02 Å². The van der Waals surface area contributed by atoms with Crippen LogP contribution in [0.1, 0.15) is 25.3 Å². The molecule has 0 heterocycles. The van der Waals surface area contributed by atoms with Crippen LogP contribution in [0.15, 0.2) is 54.6 Å². The van der Waals surface area contributed by atoms with Crippen LogP contribution in [-0.2, 0) is 0 Å². The highest BCUT2D eigenvalue weighted by Gasteiger charge is 1.85. The summed E-state index contributed by atoms with van der Waals surface area (Å²) in [6.45, 7) is 2.18. The molecule has 0 saturated carbocycles. The second-order valence-electron chi connectivity index (χ2n) is 3.51. The van der Waals surface area contributed by atoms with E-state index >= 15 is 0 Å². The smallest absolute Gasteiger partial charge is 0.0406 e. The molecule has 16 heavy (non-hydrogen) atoms. The van der Waals surface area contributed by atoms with E-state index in [1.165, 1.54) is 6.42 Å². The summed E-state index contributed by atoms with van der Waals surface area (Å²) in [4.78, 5) is 0. The van der Waals surface area contributed by atoms with Crippen molar-refractivity contribution in [3.8, 4) is 0 Å². The molecule has 0 nitrogen and oxygen atoms in total. The van der Waals surface area contributed by atoms with Crippen molar-refractivity contribution in [1.82, 2.24) is 0 Å². The molecular formula is C15H17Cl. The molecule has 84 valence electrons. The van der Waals surface area contributed by atoms with Crippen LogP contribution in [0.3, 0.4) is 0 Å². The summed E-state index contributed by atoms with van der Waals surface area (Å²) >= 11 is 5.80. The zero-order valence-electron chi connectivity index (χ0n) is 9.57. The van der Waals surface area contributed by atoms with E-state index in [0.29, 0.717) is 0 Å². The summed E-state index contributed by atoms with van der Waals surface area (Å²) in [6.07, 6.45) is 14.8. The summed E-state index contributed by atoms with van der Waals surface area (Å²) in [5.41, 5.74) is 1.16. The summed E-state index contributed by atoms with van der Waals surface area (Å²) in [5, 5.41) is 0.773. The minimum atomic E-state index is 0.773. The summed E-state index contributed by atoms with van der Waals surface area (Å²) < 4.78 is 0. The monoisotopic (exact) mass is 232 g/mol. The Kier molecular flexibility index (Phi) is 6.36. The standard InChI is InChI=1S/C15H17Cl/c1-2-3-4-5-6-7-8-9-14-10-12-15(16)13-11-14/h4-13H,2-3H2,1H3. The fourth-order valence-corrected chi connectivity index (χ4v) is 1.34. The maximum absolute atomic E-state index is 5.80. The molecule has 0 unspecified atom stereocenters. The number of hydrogen-bond donors (Lipinski definition) is 0. The molecule has 1 heteroatoms. The van der Waals surface area contributed by atoms with Crippen LogP contribution in [0.2, 0.25) is 5.02 Å². The Morgan fingerprint density at radius 2 is 1.69 bits per heavy atom. The van der Waals surface area contributed by atoms with Gasteiger partial charge >= 0.3 is 0 Å². The van der Waals surface area contributed by atoms with E-state index in [4.69, 9.17) is 11.6 Å². The maximum atomic E-state index is 5.80. The topological polar surface area (TPSA) is 0 Å². The number of allylic oxidation sites excluding steroid dienone is 5. The third-order valence-electron chi connectivity index (χ3n) is 2.08. The number of rotatable bonds is 5. The Hall–Kier alpha value is -1.27. The Labute approximate surface area is 103 Å².